The molecule has 3 aromatic rings. The second kappa shape index (κ2) is 6.78. The van der Waals surface area contributed by atoms with Gasteiger partial charge in [0.25, 0.3) is 0 Å². The maximum Gasteiger partial charge on any atom is 0.185 e. The van der Waals surface area contributed by atoms with Gasteiger partial charge in [-0.05, 0) is 43.2 Å². The van der Waals surface area contributed by atoms with Crippen molar-refractivity contribution in [3.8, 4) is 11.4 Å². The highest BCUT2D eigenvalue weighted by Crippen LogP contribution is 2.26. The summed E-state index contributed by atoms with van der Waals surface area (Å²) in [7, 11) is 0. The summed E-state index contributed by atoms with van der Waals surface area (Å²) in [6.45, 7) is 6.11. The lowest BCUT2D eigenvalue weighted by molar-refractivity contribution is 0.0265. The Bertz CT molecular complexity index is 887. The molecule has 1 aromatic carbocycles. The molecule has 3 rings (SSSR count). The van der Waals surface area contributed by atoms with Crippen LogP contribution in [0.2, 0.25) is 10.0 Å². The van der Waals surface area contributed by atoms with Crippen molar-refractivity contribution in [1.29, 1.82) is 0 Å². The number of nitrogens with zero attached hydrogens (tertiary/aromatic N) is 4. The number of nitrogens with one attached hydrogen (secondary N) is 1. The SMILES string of the molecule is CC(C)C(C)(O)CNc1ccc2nnc(-c3cc(Cl)cc(Cl)c3)n2n1. The molecular formula is C17H19Cl2N5O. The summed E-state index contributed by atoms with van der Waals surface area (Å²) >= 11 is 12.2. The van der Waals surface area contributed by atoms with Crippen molar-refractivity contribution in [2.45, 2.75) is 26.4 Å². The zero-order valence-corrected chi connectivity index (χ0v) is 15.7. The number of benzene rings is 1. The van der Waals surface area contributed by atoms with Crippen LogP contribution in [0.25, 0.3) is 17.0 Å². The van der Waals surface area contributed by atoms with E-state index < -0.39 is 5.60 Å². The maximum absolute atomic E-state index is 10.4. The number of anilines is 1. The van der Waals surface area contributed by atoms with Crippen molar-refractivity contribution in [3.05, 3.63) is 40.4 Å². The van der Waals surface area contributed by atoms with Crippen LogP contribution in [0, 0.1) is 5.92 Å². The fraction of sp³-hybridized carbons (Fsp3) is 0.353. The van der Waals surface area contributed by atoms with Crippen LogP contribution in [0.5, 0.6) is 0 Å². The molecule has 0 bridgehead atoms. The Morgan fingerprint density at radius 3 is 2.48 bits per heavy atom. The van der Waals surface area contributed by atoms with Crippen molar-refractivity contribution in [2.75, 3.05) is 11.9 Å². The van der Waals surface area contributed by atoms with E-state index in [1.807, 2.05) is 19.9 Å². The van der Waals surface area contributed by atoms with Crippen LogP contribution in [0.4, 0.5) is 5.82 Å². The lowest BCUT2D eigenvalue weighted by Gasteiger charge is -2.27. The van der Waals surface area contributed by atoms with Gasteiger partial charge in [0.1, 0.15) is 5.82 Å². The third kappa shape index (κ3) is 3.86. The second-order valence-corrected chi connectivity index (χ2v) is 7.41. The van der Waals surface area contributed by atoms with E-state index in [0.29, 0.717) is 33.9 Å². The molecule has 0 fully saturated rings. The molecule has 1 unspecified atom stereocenters. The standard InChI is InChI=1S/C17H19Cl2N5O/c1-10(2)17(3,25)9-20-14-4-5-15-21-22-16(24(15)23-14)11-6-12(18)8-13(19)7-11/h4-8,10,25H,9H2,1-3H3,(H,20,23). The molecule has 0 saturated carbocycles. The molecule has 1 atom stereocenters. The van der Waals surface area contributed by atoms with E-state index in [-0.39, 0.29) is 5.92 Å². The Kier molecular flexibility index (Phi) is 4.86. The van der Waals surface area contributed by atoms with Crippen molar-refractivity contribution in [3.63, 3.8) is 0 Å². The summed E-state index contributed by atoms with van der Waals surface area (Å²) in [6.07, 6.45) is 0. The predicted octanol–water partition coefficient (Wildman–Crippen LogP) is 3.92. The first-order valence-corrected chi connectivity index (χ1v) is 8.67. The Hall–Kier alpha value is -1.89. The van der Waals surface area contributed by atoms with E-state index in [1.165, 1.54) is 0 Å². The number of rotatable bonds is 5. The van der Waals surface area contributed by atoms with Gasteiger partial charge in [0, 0.05) is 22.2 Å². The molecule has 0 aliphatic carbocycles. The van der Waals surface area contributed by atoms with Gasteiger partial charge in [0.15, 0.2) is 11.5 Å². The highest BCUT2D eigenvalue weighted by molar-refractivity contribution is 6.35. The van der Waals surface area contributed by atoms with Crippen LogP contribution in [-0.4, -0.2) is 37.1 Å². The average Bonchev–Trinajstić information content (AvgIpc) is 2.95. The summed E-state index contributed by atoms with van der Waals surface area (Å²) in [5.41, 5.74) is 0.490. The first-order valence-electron chi connectivity index (χ1n) is 7.91. The van der Waals surface area contributed by atoms with Crippen LogP contribution < -0.4 is 5.32 Å². The molecule has 0 spiro atoms. The number of aliphatic hydroxyl groups is 1. The van der Waals surface area contributed by atoms with Gasteiger partial charge < -0.3 is 10.4 Å². The van der Waals surface area contributed by atoms with Gasteiger partial charge in [-0.2, -0.15) is 4.52 Å². The Balaban J connectivity index is 1.94. The van der Waals surface area contributed by atoms with Crippen molar-refractivity contribution >= 4 is 34.7 Å². The molecule has 0 amide bonds. The molecule has 0 aliphatic heterocycles. The van der Waals surface area contributed by atoms with Crippen LogP contribution in [0.15, 0.2) is 30.3 Å². The summed E-state index contributed by atoms with van der Waals surface area (Å²) in [6, 6.07) is 8.78. The number of fused-ring (bicyclic) bond motifs is 1. The highest BCUT2D eigenvalue weighted by Gasteiger charge is 2.24. The van der Waals surface area contributed by atoms with E-state index >= 15 is 0 Å². The van der Waals surface area contributed by atoms with E-state index in [2.05, 4.69) is 20.6 Å². The molecule has 2 heterocycles. The van der Waals surface area contributed by atoms with Gasteiger partial charge in [-0.25, -0.2) is 0 Å². The second-order valence-electron chi connectivity index (χ2n) is 6.54. The Labute approximate surface area is 155 Å². The maximum atomic E-state index is 10.4. The molecule has 0 aliphatic rings. The third-order valence-corrected chi connectivity index (χ3v) is 4.69. The summed E-state index contributed by atoms with van der Waals surface area (Å²) in [5, 5.41) is 27.4. The van der Waals surface area contributed by atoms with Crippen molar-refractivity contribution in [1.82, 2.24) is 19.8 Å². The quantitative estimate of drug-likeness (QED) is 0.702. The first kappa shape index (κ1) is 17.9. The van der Waals surface area contributed by atoms with E-state index in [9.17, 15) is 5.11 Å². The van der Waals surface area contributed by atoms with Crippen molar-refractivity contribution in [2.24, 2.45) is 5.92 Å². The van der Waals surface area contributed by atoms with Crippen molar-refractivity contribution < 1.29 is 5.11 Å². The van der Waals surface area contributed by atoms with E-state index in [1.54, 1.807) is 35.7 Å². The Morgan fingerprint density at radius 1 is 1.16 bits per heavy atom. The summed E-state index contributed by atoms with van der Waals surface area (Å²) < 4.78 is 1.62. The van der Waals surface area contributed by atoms with Gasteiger partial charge in [0.05, 0.1) is 5.60 Å². The zero-order valence-electron chi connectivity index (χ0n) is 14.2. The topological polar surface area (TPSA) is 75.3 Å². The summed E-state index contributed by atoms with van der Waals surface area (Å²) in [5.74, 6) is 1.27. The minimum atomic E-state index is -0.840. The highest BCUT2D eigenvalue weighted by atomic mass is 35.5. The lowest BCUT2D eigenvalue weighted by Crippen LogP contribution is -2.39. The first-order chi connectivity index (χ1) is 11.8. The molecule has 8 heteroatoms. The van der Waals surface area contributed by atoms with Gasteiger partial charge in [-0.1, -0.05) is 37.0 Å². The number of hydrogen-bond acceptors (Lipinski definition) is 5. The molecule has 0 radical (unpaired) electrons. The fourth-order valence-corrected chi connectivity index (χ4v) is 2.75. The largest absolute Gasteiger partial charge is 0.388 e. The van der Waals surface area contributed by atoms with Crippen LogP contribution in [-0.2, 0) is 0 Å². The molecule has 0 saturated heterocycles. The zero-order chi connectivity index (χ0) is 18.2. The van der Waals surface area contributed by atoms with E-state index in [0.717, 1.165) is 5.56 Å². The van der Waals surface area contributed by atoms with Crippen LogP contribution in [0.1, 0.15) is 20.8 Å². The molecular weight excluding hydrogens is 361 g/mol. The van der Waals surface area contributed by atoms with Gasteiger partial charge in [-0.3, -0.25) is 0 Å². The van der Waals surface area contributed by atoms with Crippen LogP contribution in [0.3, 0.4) is 0 Å². The predicted molar refractivity (Wildman–Crippen MR) is 100 cm³/mol. The molecule has 6 nitrogen and oxygen atoms in total. The van der Waals surface area contributed by atoms with E-state index in [4.69, 9.17) is 23.2 Å². The van der Waals surface area contributed by atoms with Gasteiger partial charge in [0.2, 0.25) is 0 Å². The normalized spacial score (nSPS) is 14.0. The lowest BCUT2D eigenvalue weighted by atomic mass is 9.93. The molecule has 2 aromatic heterocycles. The minimum absolute atomic E-state index is 0.114. The third-order valence-electron chi connectivity index (χ3n) is 4.25. The van der Waals surface area contributed by atoms with Crippen LogP contribution >= 0.6 is 23.2 Å². The average molecular weight is 380 g/mol. The molecule has 2 N–H and O–H groups in total. The smallest absolute Gasteiger partial charge is 0.185 e. The summed E-state index contributed by atoms with van der Waals surface area (Å²) in [4.78, 5) is 0. The number of hydrogen-bond donors (Lipinski definition) is 2. The monoisotopic (exact) mass is 379 g/mol. The minimum Gasteiger partial charge on any atom is -0.388 e. The van der Waals surface area contributed by atoms with Gasteiger partial charge >= 0.3 is 0 Å². The Morgan fingerprint density at radius 2 is 1.84 bits per heavy atom. The fourth-order valence-electron chi connectivity index (χ4n) is 2.22. The molecule has 25 heavy (non-hydrogen) atoms. The molecule has 132 valence electrons. The van der Waals surface area contributed by atoms with Gasteiger partial charge in [-0.15, -0.1) is 15.3 Å². The number of halogens is 2. The number of aromatic nitrogens is 4.